The Kier molecular flexibility index (Phi) is 5.79. The quantitative estimate of drug-likeness (QED) is 0.250. The molecule has 4 rings (SSSR count). The molecule has 0 aliphatic carbocycles. The van der Waals surface area contributed by atoms with E-state index in [4.69, 9.17) is 16.5 Å². The molecule has 31 heavy (non-hydrogen) atoms. The first-order chi connectivity index (χ1) is 15.0. The third kappa shape index (κ3) is 4.05. The zero-order chi connectivity index (χ0) is 22.0. The molecule has 0 saturated carbocycles. The third-order valence-electron chi connectivity index (χ3n) is 5.47. The van der Waals surface area contributed by atoms with Crippen molar-refractivity contribution in [2.45, 2.75) is 45.6 Å². The zero-order valence-electron chi connectivity index (χ0n) is 17.4. The van der Waals surface area contributed by atoms with Crippen molar-refractivity contribution in [3.8, 4) is 0 Å². The maximum Gasteiger partial charge on any atom is 0.162 e. The van der Waals surface area contributed by atoms with E-state index in [9.17, 15) is 9.18 Å². The van der Waals surface area contributed by atoms with E-state index in [1.807, 2.05) is 12.1 Å². The summed E-state index contributed by atoms with van der Waals surface area (Å²) in [4.78, 5) is 25.9. The van der Waals surface area contributed by atoms with Crippen LogP contribution in [0.25, 0.3) is 22.1 Å². The van der Waals surface area contributed by atoms with Crippen LogP contribution in [0.4, 0.5) is 15.9 Å². The molecule has 1 aromatic carbocycles. The minimum absolute atomic E-state index is 0.0497. The van der Waals surface area contributed by atoms with E-state index in [1.54, 1.807) is 12.3 Å². The van der Waals surface area contributed by atoms with Gasteiger partial charge in [-0.15, -0.1) is 0 Å². The molecule has 0 fully saturated rings. The number of anilines is 2. The molecule has 3 heterocycles. The van der Waals surface area contributed by atoms with Gasteiger partial charge in [-0.3, -0.25) is 9.78 Å². The van der Waals surface area contributed by atoms with Crippen LogP contribution in [0.3, 0.4) is 0 Å². The van der Waals surface area contributed by atoms with E-state index in [1.165, 1.54) is 12.1 Å². The lowest BCUT2D eigenvalue weighted by Gasteiger charge is -2.10. The highest BCUT2D eigenvalue weighted by Crippen LogP contribution is 2.28. The summed E-state index contributed by atoms with van der Waals surface area (Å²) in [5.41, 5.74) is 15.2. The first kappa shape index (κ1) is 20.7. The van der Waals surface area contributed by atoms with Crippen molar-refractivity contribution in [2.75, 3.05) is 11.5 Å². The van der Waals surface area contributed by atoms with Gasteiger partial charge in [0.2, 0.25) is 0 Å². The number of fused-ring (bicyclic) bond motifs is 3. The van der Waals surface area contributed by atoms with Gasteiger partial charge in [-0.2, -0.15) is 0 Å². The Bertz CT molecular complexity index is 1270. The van der Waals surface area contributed by atoms with Gasteiger partial charge in [0.25, 0.3) is 0 Å². The molecule has 0 amide bonds. The number of Topliss-reactive ketones (excluding diaryl/α,β-unsaturated/α-hetero) is 1. The number of unbranched alkanes of at least 4 members (excludes halogenated alkanes) is 2. The molecule has 0 saturated heterocycles. The highest BCUT2D eigenvalue weighted by molar-refractivity contribution is 6.04. The summed E-state index contributed by atoms with van der Waals surface area (Å²) < 4.78 is 15.7. The average molecular weight is 420 g/mol. The number of imidazole rings is 1. The fraction of sp³-hybridized carbons (Fsp3) is 0.304. The van der Waals surface area contributed by atoms with Crippen LogP contribution in [-0.4, -0.2) is 25.3 Å². The highest BCUT2D eigenvalue weighted by Gasteiger charge is 2.17. The number of halogens is 1. The SMILES string of the molecule is CCc1nc2c(N)nc3cccnc3c2n1CCCCCC(=O)c1ccc(N)c(F)c1. The Balaban J connectivity index is 1.45. The number of hydrogen-bond donors (Lipinski definition) is 2. The van der Waals surface area contributed by atoms with Crippen molar-refractivity contribution in [2.24, 2.45) is 0 Å². The van der Waals surface area contributed by atoms with Gasteiger partial charge in [-0.25, -0.2) is 14.4 Å². The topological polar surface area (TPSA) is 113 Å². The normalized spacial score (nSPS) is 11.4. The lowest BCUT2D eigenvalue weighted by molar-refractivity contribution is 0.0978. The van der Waals surface area contributed by atoms with E-state index in [2.05, 4.69) is 21.5 Å². The standard InChI is InChI=1S/C23H25FN6O/c1-2-19-29-21-22(20-17(28-23(21)26)7-6-11-27-20)30(19)12-5-3-4-8-18(31)14-9-10-16(25)15(24)13-14/h6-7,9-11,13H,2-5,8,12,25H2,1H3,(H2,26,28). The number of nitrogen functional groups attached to an aromatic ring is 2. The molecule has 3 aromatic heterocycles. The molecule has 4 aromatic rings. The molecule has 160 valence electrons. The lowest BCUT2D eigenvalue weighted by atomic mass is 10.0. The van der Waals surface area contributed by atoms with Crippen LogP contribution >= 0.6 is 0 Å². The molecule has 0 unspecified atom stereocenters. The van der Waals surface area contributed by atoms with Crippen LogP contribution in [0.15, 0.2) is 36.5 Å². The van der Waals surface area contributed by atoms with Gasteiger partial charge in [0.05, 0.1) is 11.2 Å². The Morgan fingerprint density at radius 2 is 1.94 bits per heavy atom. The van der Waals surface area contributed by atoms with Crippen LogP contribution in [0, 0.1) is 5.82 Å². The summed E-state index contributed by atoms with van der Waals surface area (Å²) in [6, 6.07) is 7.94. The molecule has 0 radical (unpaired) electrons. The van der Waals surface area contributed by atoms with E-state index in [0.717, 1.165) is 54.6 Å². The minimum Gasteiger partial charge on any atom is -0.396 e. The van der Waals surface area contributed by atoms with Crippen molar-refractivity contribution >= 4 is 39.4 Å². The Morgan fingerprint density at radius 3 is 2.71 bits per heavy atom. The Morgan fingerprint density at radius 1 is 1.10 bits per heavy atom. The van der Waals surface area contributed by atoms with Crippen LogP contribution in [0.2, 0.25) is 0 Å². The van der Waals surface area contributed by atoms with Crippen LogP contribution in [-0.2, 0) is 13.0 Å². The maximum atomic E-state index is 13.6. The predicted octanol–water partition coefficient (Wildman–Crippen LogP) is 4.29. The van der Waals surface area contributed by atoms with Crippen molar-refractivity contribution < 1.29 is 9.18 Å². The van der Waals surface area contributed by atoms with Gasteiger partial charge >= 0.3 is 0 Å². The summed E-state index contributed by atoms with van der Waals surface area (Å²) in [5.74, 6) is 0.718. The number of ketones is 1. The minimum atomic E-state index is -0.556. The number of benzene rings is 1. The van der Waals surface area contributed by atoms with Crippen molar-refractivity contribution in [1.29, 1.82) is 0 Å². The summed E-state index contributed by atoms with van der Waals surface area (Å²) in [5, 5.41) is 0. The largest absolute Gasteiger partial charge is 0.396 e. The first-order valence-corrected chi connectivity index (χ1v) is 10.5. The molecule has 7 nitrogen and oxygen atoms in total. The summed E-state index contributed by atoms with van der Waals surface area (Å²) >= 11 is 0. The number of aromatic nitrogens is 4. The number of nitrogens with two attached hydrogens (primary N) is 2. The lowest BCUT2D eigenvalue weighted by Crippen LogP contribution is -2.05. The van der Waals surface area contributed by atoms with Crippen molar-refractivity contribution in [1.82, 2.24) is 19.5 Å². The summed E-state index contributed by atoms with van der Waals surface area (Å²) in [6.45, 7) is 2.81. The molecule has 0 bridgehead atoms. The van der Waals surface area contributed by atoms with Gasteiger partial charge in [0.15, 0.2) is 11.6 Å². The summed E-state index contributed by atoms with van der Waals surface area (Å²) in [6.07, 6.45) is 5.34. The highest BCUT2D eigenvalue weighted by atomic mass is 19.1. The van der Waals surface area contributed by atoms with E-state index in [-0.39, 0.29) is 11.5 Å². The molecular formula is C23H25FN6O. The number of carbonyl (C=O) groups excluding carboxylic acids is 1. The molecule has 0 atom stereocenters. The number of nitrogens with zero attached hydrogens (tertiary/aromatic N) is 4. The number of carbonyl (C=O) groups is 1. The van der Waals surface area contributed by atoms with Crippen LogP contribution in [0.1, 0.15) is 48.8 Å². The Hall–Kier alpha value is -3.55. The summed E-state index contributed by atoms with van der Waals surface area (Å²) in [7, 11) is 0. The molecule has 4 N–H and O–H groups in total. The second kappa shape index (κ2) is 8.67. The molecule has 0 aliphatic rings. The number of hydrogen-bond acceptors (Lipinski definition) is 6. The molecular weight excluding hydrogens is 395 g/mol. The van der Waals surface area contributed by atoms with Crippen LogP contribution in [0.5, 0.6) is 0 Å². The van der Waals surface area contributed by atoms with Gasteiger partial charge in [0, 0.05) is 31.1 Å². The van der Waals surface area contributed by atoms with Gasteiger partial charge in [-0.1, -0.05) is 13.3 Å². The Labute approximate surface area is 179 Å². The van der Waals surface area contributed by atoms with Crippen molar-refractivity contribution in [3.63, 3.8) is 0 Å². The monoisotopic (exact) mass is 420 g/mol. The first-order valence-electron chi connectivity index (χ1n) is 10.5. The molecule has 0 spiro atoms. The van der Waals surface area contributed by atoms with E-state index in [0.29, 0.717) is 23.3 Å². The van der Waals surface area contributed by atoms with E-state index >= 15 is 0 Å². The fourth-order valence-corrected chi connectivity index (χ4v) is 3.86. The van der Waals surface area contributed by atoms with E-state index < -0.39 is 5.82 Å². The fourth-order valence-electron chi connectivity index (χ4n) is 3.86. The van der Waals surface area contributed by atoms with Crippen LogP contribution < -0.4 is 11.5 Å². The molecule has 8 heteroatoms. The smallest absolute Gasteiger partial charge is 0.162 e. The number of aryl methyl sites for hydroxylation is 2. The van der Waals surface area contributed by atoms with Gasteiger partial charge < -0.3 is 16.0 Å². The number of pyridine rings is 2. The predicted molar refractivity (Wildman–Crippen MR) is 120 cm³/mol. The zero-order valence-corrected chi connectivity index (χ0v) is 17.4. The molecule has 0 aliphatic heterocycles. The number of rotatable bonds is 8. The average Bonchev–Trinajstić information content (AvgIpc) is 3.15. The van der Waals surface area contributed by atoms with Gasteiger partial charge in [0.1, 0.15) is 28.2 Å². The second-order valence-electron chi connectivity index (χ2n) is 7.57. The second-order valence-corrected chi connectivity index (χ2v) is 7.57. The van der Waals surface area contributed by atoms with Gasteiger partial charge in [-0.05, 0) is 43.2 Å². The maximum absolute atomic E-state index is 13.6. The third-order valence-corrected chi connectivity index (χ3v) is 5.47. The van der Waals surface area contributed by atoms with Crippen molar-refractivity contribution in [3.05, 3.63) is 53.7 Å².